The average Bonchev–Trinajstić information content (AvgIpc) is 2.92. The molecule has 6 heteroatoms. The lowest BCUT2D eigenvalue weighted by Crippen LogP contribution is -2.13. The summed E-state index contributed by atoms with van der Waals surface area (Å²) in [5, 5.41) is 4.77. The molecule has 0 amide bonds. The van der Waals surface area contributed by atoms with Crippen molar-refractivity contribution < 1.29 is 9.15 Å². The number of benzene rings is 2. The van der Waals surface area contributed by atoms with Gasteiger partial charge in [0.1, 0.15) is 5.75 Å². The Morgan fingerprint density at radius 1 is 1.13 bits per heavy atom. The largest absolute Gasteiger partial charge is 0.496 e. The van der Waals surface area contributed by atoms with Crippen molar-refractivity contribution in [2.24, 2.45) is 0 Å². The van der Waals surface area contributed by atoms with Gasteiger partial charge in [0.25, 0.3) is 5.89 Å². The van der Waals surface area contributed by atoms with E-state index in [4.69, 9.17) is 20.8 Å². The second-order valence-electron chi connectivity index (χ2n) is 5.20. The number of aryl methyl sites for hydroxylation is 2. The van der Waals surface area contributed by atoms with Gasteiger partial charge in [-0.3, -0.25) is 0 Å². The molecule has 1 heterocycles. The molecule has 5 nitrogen and oxygen atoms in total. The Hall–Kier alpha value is -2.53. The molecule has 0 atom stereocenters. The molecule has 2 aromatic carbocycles. The van der Waals surface area contributed by atoms with Gasteiger partial charge in [0.05, 0.1) is 18.4 Å². The maximum absolute atomic E-state index is 12.2. The van der Waals surface area contributed by atoms with Crippen LogP contribution in [0.1, 0.15) is 11.1 Å². The number of ether oxygens (including phenoxy) is 1. The molecule has 3 aromatic rings. The molecular formula is C17H15ClN2O3. The van der Waals surface area contributed by atoms with Crippen LogP contribution in [0.3, 0.4) is 0 Å². The molecule has 0 saturated carbocycles. The van der Waals surface area contributed by atoms with Gasteiger partial charge in [0, 0.05) is 5.02 Å². The van der Waals surface area contributed by atoms with E-state index in [1.54, 1.807) is 18.2 Å². The molecule has 0 aliphatic carbocycles. The van der Waals surface area contributed by atoms with Crippen LogP contribution in [0.15, 0.2) is 45.6 Å². The smallest absolute Gasteiger partial charge is 0.442 e. The molecule has 0 radical (unpaired) electrons. The molecule has 0 N–H and O–H groups in total. The summed E-state index contributed by atoms with van der Waals surface area (Å²) in [6.07, 6.45) is 0. The lowest BCUT2D eigenvalue weighted by Gasteiger charge is -2.05. The van der Waals surface area contributed by atoms with Crippen molar-refractivity contribution in [2.75, 3.05) is 7.11 Å². The summed E-state index contributed by atoms with van der Waals surface area (Å²) < 4.78 is 11.8. The first-order chi connectivity index (χ1) is 11.0. The fourth-order valence-corrected chi connectivity index (χ4v) is 2.43. The molecule has 0 aliphatic heterocycles. The Morgan fingerprint density at radius 3 is 2.61 bits per heavy atom. The molecule has 1 aromatic heterocycles. The van der Waals surface area contributed by atoms with Crippen molar-refractivity contribution in [3.8, 4) is 22.9 Å². The van der Waals surface area contributed by atoms with Crippen LogP contribution < -0.4 is 10.5 Å². The SMILES string of the molecule is COc1ccc(Cl)cc1-c1nn(-c2ccc(C)c(C)c2)c(=O)o1. The predicted octanol–water partition coefficient (Wildman–Crippen LogP) is 3.77. The Kier molecular flexibility index (Phi) is 3.96. The highest BCUT2D eigenvalue weighted by Gasteiger charge is 2.16. The van der Waals surface area contributed by atoms with Crippen molar-refractivity contribution in [3.05, 3.63) is 63.1 Å². The van der Waals surface area contributed by atoms with Gasteiger partial charge < -0.3 is 9.15 Å². The molecule has 23 heavy (non-hydrogen) atoms. The quantitative estimate of drug-likeness (QED) is 0.733. The van der Waals surface area contributed by atoms with E-state index in [1.165, 1.54) is 11.8 Å². The van der Waals surface area contributed by atoms with Crippen LogP contribution in [0.2, 0.25) is 5.02 Å². The first kappa shape index (κ1) is 15.4. The summed E-state index contributed by atoms with van der Waals surface area (Å²) >= 11 is 6.02. The van der Waals surface area contributed by atoms with E-state index in [2.05, 4.69) is 5.10 Å². The second-order valence-corrected chi connectivity index (χ2v) is 5.63. The first-order valence-electron chi connectivity index (χ1n) is 7.01. The van der Waals surface area contributed by atoms with Crippen molar-refractivity contribution in [1.82, 2.24) is 9.78 Å². The van der Waals surface area contributed by atoms with Gasteiger partial charge in [-0.25, -0.2) is 4.79 Å². The number of aromatic nitrogens is 2. The third kappa shape index (κ3) is 2.87. The van der Waals surface area contributed by atoms with Crippen LogP contribution in [0.25, 0.3) is 17.1 Å². The summed E-state index contributed by atoms with van der Waals surface area (Å²) in [4.78, 5) is 12.2. The normalized spacial score (nSPS) is 10.8. The third-order valence-corrected chi connectivity index (χ3v) is 3.91. The minimum absolute atomic E-state index is 0.160. The summed E-state index contributed by atoms with van der Waals surface area (Å²) in [6.45, 7) is 3.98. The Balaban J connectivity index is 2.13. The van der Waals surface area contributed by atoms with Crippen LogP contribution in [0, 0.1) is 13.8 Å². The van der Waals surface area contributed by atoms with Gasteiger partial charge >= 0.3 is 5.76 Å². The number of hydrogen-bond acceptors (Lipinski definition) is 4. The van der Waals surface area contributed by atoms with E-state index >= 15 is 0 Å². The van der Waals surface area contributed by atoms with Crippen molar-refractivity contribution in [3.63, 3.8) is 0 Å². The molecule has 0 bridgehead atoms. The molecule has 0 saturated heterocycles. The highest BCUT2D eigenvalue weighted by molar-refractivity contribution is 6.30. The average molecular weight is 331 g/mol. The zero-order valence-electron chi connectivity index (χ0n) is 13.0. The summed E-state index contributed by atoms with van der Waals surface area (Å²) in [5.41, 5.74) is 3.38. The van der Waals surface area contributed by atoms with Crippen molar-refractivity contribution in [2.45, 2.75) is 13.8 Å². The minimum atomic E-state index is -0.565. The molecule has 0 fully saturated rings. The minimum Gasteiger partial charge on any atom is -0.496 e. The highest BCUT2D eigenvalue weighted by atomic mass is 35.5. The lowest BCUT2D eigenvalue weighted by atomic mass is 10.1. The topological polar surface area (TPSA) is 57.3 Å². The van der Waals surface area contributed by atoms with E-state index in [0.29, 0.717) is 22.0 Å². The zero-order chi connectivity index (χ0) is 16.6. The number of hydrogen-bond donors (Lipinski definition) is 0. The van der Waals surface area contributed by atoms with E-state index in [9.17, 15) is 4.79 Å². The van der Waals surface area contributed by atoms with Gasteiger partial charge in [-0.2, -0.15) is 4.68 Å². The number of halogens is 1. The molecule has 118 valence electrons. The third-order valence-electron chi connectivity index (χ3n) is 3.67. The van der Waals surface area contributed by atoms with Gasteiger partial charge in [-0.1, -0.05) is 17.7 Å². The van der Waals surface area contributed by atoms with Gasteiger partial charge in [0.15, 0.2) is 0 Å². The van der Waals surface area contributed by atoms with Crippen molar-refractivity contribution >= 4 is 11.6 Å². The van der Waals surface area contributed by atoms with Crippen LogP contribution >= 0.6 is 11.6 Å². The molecule has 0 unspecified atom stereocenters. The van der Waals surface area contributed by atoms with Gasteiger partial charge in [0.2, 0.25) is 0 Å². The lowest BCUT2D eigenvalue weighted by molar-refractivity contribution is 0.413. The molecular weight excluding hydrogens is 316 g/mol. The van der Waals surface area contributed by atoms with Crippen LogP contribution in [-0.4, -0.2) is 16.9 Å². The predicted molar refractivity (Wildman–Crippen MR) is 88.6 cm³/mol. The van der Waals surface area contributed by atoms with E-state index in [0.717, 1.165) is 11.1 Å². The number of nitrogens with zero attached hydrogens (tertiary/aromatic N) is 2. The number of rotatable bonds is 3. The summed E-state index contributed by atoms with van der Waals surface area (Å²) in [7, 11) is 1.53. The maximum atomic E-state index is 12.2. The van der Waals surface area contributed by atoms with Crippen LogP contribution in [0.5, 0.6) is 5.75 Å². The van der Waals surface area contributed by atoms with Crippen LogP contribution in [0.4, 0.5) is 0 Å². The highest BCUT2D eigenvalue weighted by Crippen LogP contribution is 2.31. The standard InChI is InChI=1S/C17H15ClN2O3/c1-10-4-6-13(8-11(10)2)20-17(21)23-16(19-20)14-9-12(18)5-7-15(14)22-3/h4-9H,1-3H3. The Bertz CT molecular complexity index is 928. The maximum Gasteiger partial charge on any atom is 0.442 e. The number of methoxy groups -OCH3 is 1. The summed E-state index contributed by atoms with van der Waals surface area (Å²) in [6, 6.07) is 10.7. The van der Waals surface area contributed by atoms with E-state index in [-0.39, 0.29) is 5.89 Å². The van der Waals surface area contributed by atoms with Gasteiger partial charge in [-0.05, 0) is 55.3 Å². The molecule has 0 aliphatic rings. The van der Waals surface area contributed by atoms with E-state index in [1.807, 2.05) is 32.0 Å². The van der Waals surface area contributed by atoms with Crippen molar-refractivity contribution in [1.29, 1.82) is 0 Å². The fourth-order valence-electron chi connectivity index (χ4n) is 2.25. The second kappa shape index (κ2) is 5.93. The summed E-state index contributed by atoms with van der Waals surface area (Å²) in [5.74, 6) is 0.126. The van der Waals surface area contributed by atoms with Crippen LogP contribution in [-0.2, 0) is 0 Å². The molecule has 3 rings (SSSR count). The first-order valence-corrected chi connectivity index (χ1v) is 7.39. The zero-order valence-corrected chi connectivity index (χ0v) is 13.7. The molecule has 0 spiro atoms. The van der Waals surface area contributed by atoms with Gasteiger partial charge in [-0.15, -0.1) is 5.10 Å². The fraction of sp³-hybridized carbons (Fsp3) is 0.176. The Morgan fingerprint density at radius 2 is 1.91 bits per heavy atom. The van der Waals surface area contributed by atoms with E-state index < -0.39 is 5.76 Å². The monoisotopic (exact) mass is 330 g/mol. The Labute approximate surface area is 138 Å².